The van der Waals surface area contributed by atoms with Crippen molar-refractivity contribution in [2.75, 3.05) is 20.1 Å². The van der Waals surface area contributed by atoms with E-state index in [1.807, 2.05) is 7.05 Å². The van der Waals surface area contributed by atoms with Gasteiger partial charge >= 0.3 is 0 Å². The van der Waals surface area contributed by atoms with E-state index >= 15 is 0 Å². The van der Waals surface area contributed by atoms with Gasteiger partial charge in [0.2, 0.25) is 10.0 Å². The van der Waals surface area contributed by atoms with Crippen molar-refractivity contribution in [1.82, 2.24) is 9.62 Å². The molecule has 0 spiro atoms. The predicted molar refractivity (Wildman–Crippen MR) is 69.4 cm³/mol. The summed E-state index contributed by atoms with van der Waals surface area (Å²) in [6.07, 6.45) is 5.89. The van der Waals surface area contributed by atoms with Crippen molar-refractivity contribution in [3.8, 4) is 0 Å². The van der Waals surface area contributed by atoms with E-state index in [4.69, 9.17) is 0 Å². The minimum atomic E-state index is -3.06. The molecule has 0 radical (unpaired) electrons. The van der Waals surface area contributed by atoms with Gasteiger partial charge in [-0.25, -0.2) is 8.42 Å². The number of nitrogens with zero attached hydrogens (tertiary/aromatic N) is 1. The van der Waals surface area contributed by atoms with Gasteiger partial charge in [0.1, 0.15) is 0 Å². The van der Waals surface area contributed by atoms with E-state index in [-0.39, 0.29) is 10.8 Å². The molecule has 2 rings (SSSR count). The van der Waals surface area contributed by atoms with Crippen LogP contribution in [-0.2, 0) is 10.0 Å². The molecule has 1 saturated carbocycles. The van der Waals surface area contributed by atoms with Crippen LogP contribution in [0.2, 0.25) is 0 Å². The first kappa shape index (κ1) is 13.3. The number of hydrogen-bond donors (Lipinski definition) is 1. The molecule has 1 unspecified atom stereocenters. The fourth-order valence-electron chi connectivity index (χ4n) is 3.00. The average Bonchev–Trinajstić information content (AvgIpc) is 2.14. The summed E-state index contributed by atoms with van der Waals surface area (Å²) in [7, 11) is -1.16. The lowest BCUT2D eigenvalue weighted by atomic mass is 9.91. The second-order valence-corrected chi connectivity index (χ2v) is 7.79. The molecule has 1 aliphatic heterocycles. The van der Waals surface area contributed by atoms with Crippen LogP contribution in [0.4, 0.5) is 0 Å². The highest BCUT2D eigenvalue weighted by Crippen LogP contribution is 2.36. The smallest absolute Gasteiger partial charge is 0.217 e. The number of nitrogens with one attached hydrogen (secondary N) is 1. The summed E-state index contributed by atoms with van der Waals surface area (Å²) in [6.45, 7) is 3.54. The lowest BCUT2D eigenvalue weighted by Gasteiger charge is -2.46. The molecule has 4 nitrogen and oxygen atoms in total. The maximum absolute atomic E-state index is 12.6. The third kappa shape index (κ3) is 2.37. The molecule has 1 aliphatic carbocycles. The summed E-state index contributed by atoms with van der Waals surface area (Å²) < 4.78 is 26.9. The number of likely N-dealkylation sites (N-methyl/N-ethyl adjacent to an activating group) is 1. The molecule has 2 fully saturated rings. The topological polar surface area (TPSA) is 49.4 Å². The average molecular weight is 260 g/mol. The zero-order chi connectivity index (χ0) is 12.5. The molecule has 100 valence electrons. The first-order valence-corrected chi connectivity index (χ1v) is 8.17. The fourth-order valence-corrected chi connectivity index (χ4v) is 5.44. The van der Waals surface area contributed by atoms with Gasteiger partial charge in [0.15, 0.2) is 0 Å². The van der Waals surface area contributed by atoms with Gasteiger partial charge in [-0.1, -0.05) is 12.8 Å². The van der Waals surface area contributed by atoms with E-state index in [2.05, 4.69) is 12.2 Å². The van der Waals surface area contributed by atoms with Crippen LogP contribution < -0.4 is 5.32 Å². The number of sulfonamides is 1. The first-order chi connectivity index (χ1) is 8.00. The van der Waals surface area contributed by atoms with Crippen LogP contribution in [-0.4, -0.2) is 43.6 Å². The van der Waals surface area contributed by atoms with Gasteiger partial charge < -0.3 is 5.32 Å². The Balaban J connectivity index is 2.21. The highest BCUT2D eigenvalue weighted by molar-refractivity contribution is 7.89. The molecular weight excluding hydrogens is 236 g/mol. The van der Waals surface area contributed by atoms with Gasteiger partial charge in [-0.15, -0.1) is 0 Å². The van der Waals surface area contributed by atoms with Crippen LogP contribution >= 0.6 is 0 Å². The highest BCUT2D eigenvalue weighted by atomic mass is 32.2. The standard InChI is InChI=1S/C12H24N2O2S/c1-12(10-13-2)8-3-4-9-14(12)17(15,16)11-6-5-7-11/h11,13H,3-10H2,1-2H3. The summed E-state index contributed by atoms with van der Waals surface area (Å²) in [5.74, 6) is 0. The Hall–Kier alpha value is -0.130. The molecule has 1 N–H and O–H groups in total. The van der Waals surface area contributed by atoms with Crippen molar-refractivity contribution < 1.29 is 8.42 Å². The van der Waals surface area contributed by atoms with E-state index in [9.17, 15) is 8.42 Å². The quantitative estimate of drug-likeness (QED) is 0.829. The van der Waals surface area contributed by atoms with E-state index < -0.39 is 10.0 Å². The molecule has 0 aromatic carbocycles. The van der Waals surface area contributed by atoms with Crippen molar-refractivity contribution in [3.63, 3.8) is 0 Å². The lowest BCUT2D eigenvalue weighted by molar-refractivity contribution is 0.146. The second kappa shape index (κ2) is 4.86. The SMILES string of the molecule is CNCC1(C)CCCCN1S(=O)(=O)C1CCC1. The molecule has 0 amide bonds. The predicted octanol–water partition coefficient (Wildman–Crippen LogP) is 1.33. The Bertz CT molecular complexity index is 361. The van der Waals surface area contributed by atoms with Gasteiger partial charge in [0.05, 0.1) is 5.25 Å². The van der Waals surface area contributed by atoms with Crippen LogP contribution in [0.3, 0.4) is 0 Å². The minimum Gasteiger partial charge on any atom is -0.318 e. The molecule has 2 aliphatic rings. The van der Waals surface area contributed by atoms with Crippen LogP contribution in [0.5, 0.6) is 0 Å². The Labute approximate surface area is 105 Å². The van der Waals surface area contributed by atoms with Gasteiger partial charge in [-0.05, 0) is 39.7 Å². The van der Waals surface area contributed by atoms with E-state index in [1.165, 1.54) is 0 Å². The lowest BCUT2D eigenvalue weighted by Crippen LogP contribution is -2.59. The molecule has 1 atom stereocenters. The van der Waals surface area contributed by atoms with Gasteiger partial charge in [0.25, 0.3) is 0 Å². The van der Waals surface area contributed by atoms with Crippen LogP contribution in [0.25, 0.3) is 0 Å². The summed E-state index contributed by atoms with van der Waals surface area (Å²) in [6, 6.07) is 0. The van der Waals surface area contributed by atoms with Crippen molar-refractivity contribution in [2.45, 2.75) is 56.2 Å². The van der Waals surface area contributed by atoms with Crippen molar-refractivity contribution in [3.05, 3.63) is 0 Å². The zero-order valence-electron chi connectivity index (χ0n) is 10.9. The molecule has 0 aromatic heterocycles. The summed E-state index contributed by atoms with van der Waals surface area (Å²) in [5.41, 5.74) is -0.221. The van der Waals surface area contributed by atoms with E-state index in [1.54, 1.807) is 4.31 Å². The van der Waals surface area contributed by atoms with Crippen molar-refractivity contribution in [2.24, 2.45) is 0 Å². The van der Waals surface area contributed by atoms with Gasteiger partial charge in [0, 0.05) is 18.6 Å². The monoisotopic (exact) mass is 260 g/mol. The van der Waals surface area contributed by atoms with Gasteiger partial charge in [-0.3, -0.25) is 0 Å². The number of piperidine rings is 1. The Morgan fingerprint density at radius 1 is 1.29 bits per heavy atom. The minimum absolute atomic E-state index is 0.100. The Morgan fingerprint density at radius 2 is 2.00 bits per heavy atom. The number of hydrogen-bond acceptors (Lipinski definition) is 3. The number of rotatable bonds is 4. The molecule has 1 saturated heterocycles. The second-order valence-electron chi connectivity index (χ2n) is 5.65. The summed E-state index contributed by atoms with van der Waals surface area (Å²) >= 11 is 0. The van der Waals surface area contributed by atoms with Crippen molar-refractivity contribution >= 4 is 10.0 Å². The van der Waals surface area contributed by atoms with Crippen LogP contribution in [0.1, 0.15) is 45.4 Å². The molecular formula is C12H24N2O2S. The first-order valence-electron chi connectivity index (χ1n) is 6.67. The molecule has 0 aromatic rings. The zero-order valence-corrected chi connectivity index (χ0v) is 11.7. The fraction of sp³-hybridized carbons (Fsp3) is 1.00. The summed E-state index contributed by atoms with van der Waals surface area (Å²) in [4.78, 5) is 0. The van der Waals surface area contributed by atoms with Crippen molar-refractivity contribution in [1.29, 1.82) is 0 Å². The Morgan fingerprint density at radius 3 is 2.53 bits per heavy atom. The molecule has 1 heterocycles. The Kier molecular flexibility index (Phi) is 3.80. The van der Waals surface area contributed by atoms with Crippen LogP contribution in [0.15, 0.2) is 0 Å². The summed E-state index contributed by atoms with van der Waals surface area (Å²) in [5, 5.41) is 3.05. The highest BCUT2D eigenvalue weighted by Gasteiger charge is 2.45. The molecule has 5 heteroatoms. The van der Waals surface area contributed by atoms with Gasteiger partial charge in [-0.2, -0.15) is 4.31 Å². The maximum atomic E-state index is 12.6. The van der Waals surface area contributed by atoms with E-state index in [0.29, 0.717) is 6.54 Å². The third-order valence-electron chi connectivity index (χ3n) is 4.27. The van der Waals surface area contributed by atoms with Crippen LogP contribution in [0, 0.1) is 0 Å². The molecule has 17 heavy (non-hydrogen) atoms. The maximum Gasteiger partial charge on any atom is 0.217 e. The normalized spacial score (nSPS) is 32.4. The van der Waals surface area contributed by atoms with E-state index in [0.717, 1.165) is 45.1 Å². The molecule has 0 bridgehead atoms. The third-order valence-corrected chi connectivity index (χ3v) is 6.82. The largest absolute Gasteiger partial charge is 0.318 e.